The van der Waals surface area contributed by atoms with Gasteiger partial charge in [-0.3, -0.25) is 9.69 Å². The van der Waals surface area contributed by atoms with Gasteiger partial charge in [0.25, 0.3) is 0 Å². The molecule has 0 rings (SSSR count). The molecule has 0 aromatic carbocycles. The van der Waals surface area contributed by atoms with E-state index in [4.69, 9.17) is 19.6 Å². The van der Waals surface area contributed by atoms with Crippen molar-refractivity contribution >= 4 is 29.9 Å². The fourth-order valence-corrected chi connectivity index (χ4v) is 3.12. The molecule has 0 aliphatic carbocycles. The lowest BCUT2D eigenvalue weighted by atomic mass is 11.7. The van der Waals surface area contributed by atoms with E-state index in [-0.39, 0.29) is 0 Å². The minimum atomic E-state index is -5.53. The highest BCUT2D eigenvalue weighted by atomic mass is 31.3. The SMILES string of the molecule is O=COP(=O)(O)OP(=O)(O)OP(=O)(O)O. The zero-order valence-corrected chi connectivity index (χ0v) is 9.25. The van der Waals surface area contributed by atoms with Gasteiger partial charge in [0.1, 0.15) is 0 Å². The van der Waals surface area contributed by atoms with Crippen molar-refractivity contribution in [1.82, 2.24) is 0 Å². The Morgan fingerprint density at radius 3 is 1.67 bits per heavy atom. The second-order valence-electron chi connectivity index (χ2n) is 1.79. The maximum absolute atomic E-state index is 10.6. The van der Waals surface area contributed by atoms with Gasteiger partial charge in [-0.05, 0) is 0 Å². The average Bonchev–Trinajstić information content (AvgIpc) is 1.74. The molecule has 0 aromatic rings. The summed E-state index contributed by atoms with van der Waals surface area (Å²) >= 11 is 0. The van der Waals surface area contributed by atoms with Gasteiger partial charge in [-0.2, -0.15) is 8.62 Å². The van der Waals surface area contributed by atoms with Crippen LogP contribution in [0.15, 0.2) is 0 Å². The molecular formula is CH5O11P3. The first-order valence-corrected chi connectivity index (χ1v) is 7.25. The molecule has 2 unspecified atom stereocenters. The Labute approximate surface area is 82.1 Å². The number of hydrogen-bond donors (Lipinski definition) is 4. The molecule has 15 heavy (non-hydrogen) atoms. The topological polar surface area (TPSA) is 177 Å². The van der Waals surface area contributed by atoms with Crippen LogP contribution in [0.5, 0.6) is 0 Å². The van der Waals surface area contributed by atoms with Gasteiger partial charge in [0.05, 0.1) is 0 Å². The van der Waals surface area contributed by atoms with Gasteiger partial charge < -0.3 is 19.2 Å². The van der Waals surface area contributed by atoms with Crippen LogP contribution in [-0.4, -0.2) is 26.0 Å². The molecule has 0 bridgehead atoms. The largest absolute Gasteiger partial charge is 0.538 e. The maximum atomic E-state index is 10.6. The lowest BCUT2D eigenvalue weighted by Gasteiger charge is -2.13. The summed E-state index contributed by atoms with van der Waals surface area (Å²) in [5.74, 6) is 0. The molecule has 0 saturated heterocycles. The summed E-state index contributed by atoms with van der Waals surface area (Å²) in [6, 6.07) is 0. The van der Waals surface area contributed by atoms with Gasteiger partial charge in [0.2, 0.25) is 0 Å². The van der Waals surface area contributed by atoms with Crippen LogP contribution in [0, 0.1) is 0 Å². The van der Waals surface area contributed by atoms with Gasteiger partial charge in [0, 0.05) is 0 Å². The van der Waals surface area contributed by atoms with E-state index in [1.807, 2.05) is 0 Å². The van der Waals surface area contributed by atoms with Crippen molar-refractivity contribution in [2.45, 2.75) is 0 Å². The molecule has 4 N–H and O–H groups in total. The number of carbonyl (C=O) groups excluding carboxylic acids is 1. The first-order chi connectivity index (χ1) is 6.47. The Balaban J connectivity index is 4.65. The third-order valence-corrected chi connectivity index (χ3v) is 4.27. The van der Waals surface area contributed by atoms with Crippen LogP contribution >= 0.6 is 23.5 Å². The van der Waals surface area contributed by atoms with E-state index in [1.165, 1.54) is 0 Å². The minimum Gasteiger partial charge on any atom is -0.373 e. The average molecular weight is 286 g/mol. The molecule has 0 aliphatic rings. The third kappa shape index (κ3) is 7.80. The van der Waals surface area contributed by atoms with Crippen LogP contribution < -0.4 is 0 Å². The Morgan fingerprint density at radius 1 is 0.867 bits per heavy atom. The van der Waals surface area contributed by atoms with Crippen LogP contribution in [0.4, 0.5) is 0 Å². The molecule has 11 nitrogen and oxygen atoms in total. The fourth-order valence-electron chi connectivity index (χ4n) is 0.353. The van der Waals surface area contributed by atoms with E-state index in [0.29, 0.717) is 0 Å². The van der Waals surface area contributed by atoms with Crippen LogP contribution in [-0.2, 0) is 31.6 Å². The molecule has 0 radical (unpaired) electrons. The monoisotopic (exact) mass is 286 g/mol. The highest BCUT2D eigenvalue weighted by Crippen LogP contribution is 2.66. The van der Waals surface area contributed by atoms with Crippen LogP contribution in [0.3, 0.4) is 0 Å². The van der Waals surface area contributed by atoms with Crippen LogP contribution in [0.2, 0.25) is 0 Å². The molecule has 90 valence electrons. The van der Waals surface area contributed by atoms with E-state index in [0.717, 1.165) is 0 Å². The minimum absolute atomic E-state index is 0.571. The smallest absolute Gasteiger partial charge is 0.373 e. The van der Waals surface area contributed by atoms with E-state index >= 15 is 0 Å². The summed E-state index contributed by atoms with van der Waals surface area (Å²) in [5, 5.41) is 0. The number of carbonyl (C=O) groups is 1. The van der Waals surface area contributed by atoms with Crippen LogP contribution in [0.25, 0.3) is 0 Å². The lowest BCUT2D eigenvalue weighted by molar-refractivity contribution is -0.121. The summed E-state index contributed by atoms with van der Waals surface area (Å²) in [7, 11) is -16.2. The van der Waals surface area contributed by atoms with Crippen molar-refractivity contribution < 1.29 is 51.2 Å². The molecule has 0 aliphatic heterocycles. The van der Waals surface area contributed by atoms with Crippen molar-refractivity contribution in [3.8, 4) is 0 Å². The van der Waals surface area contributed by atoms with Gasteiger partial charge >= 0.3 is 29.9 Å². The molecule has 2 atom stereocenters. The molecule has 0 saturated carbocycles. The maximum Gasteiger partial charge on any atom is 0.538 e. The van der Waals surface area contributed by atoms with Gasteiger partial charge in [-0.15, -0.1) is 0 Å². The predicted molar refractivity (Wildman–Crippen MR) is 41.0 cm³/mol. The second-order valence-corrected chi connectivity index (χ2v) is 6.17. The first-order valence-electron chi connectivity index (χ1n) is 2.73. The number of rotatable bonds is 6. The fraction of sp³-hybridized carbons (Fsp3) is 0. The van der Waals surface area contributed by atoms with Gasteiger partial charge in [-0.1, -0.05) is 0 Å². The molecule has 14 heteroatoms. The summed E-state index contributed by atoms with van der Waals surface area (Å²) in [6.45, 7) is -0.571. The second kappa shape index (κ2) is 4.84. The van der Waals surface area contributed by atoms with E-state index in [2.05, 4.69) is 13.1 Å². The zero-order valence-electron chi connectivity index (χ0n) is 6.57. The van der Waals surface area contributed by atoms with Crippen LogP contribution in [0.1, 0.15) is 0 Å². The number of phosphoric ester groups is 1. The molecule has 0 heterocycles. The van der Waals surface area contributed by atoms with E-state index in [9.17, 15) is 18.5 Å². The van der Waals surface area contributed by atoms with Crippen molar-refractivity contribution in [3.05, 3.63) is 0 Å². The summed E-state index contributed by atoms with van der Waals surface area (Å²) in [5.41, 5.74) is 0. The summed E-state index contributed by atoms with van der Waals surface area (Å²) in [6.07, 6.45) is 0. The number of phosphoric acid groups is 3. The van der Waals surface area contributed by atoms with Gasteiger partial charge in [-0.25, -0.2) is 13.7 Å². The third-order valence-electron chi connectivity index (χ3n) is 0.592. The number of hydrogen-bond acceptors (Lipinski definition) is 7. The Kier molecular flexibility index (Phi) is 4.81. The van der Waals surface area contributed by atoms with Gasteiger partial charge in [0.15, 0.2) is 0 Å². The molecule has 0 aromatic heterocycles. The standard InChI is InChI=1S/CH5O11P3/c2-1-10-14(6,7)12-15(8,9)11-13(3,4)5/h1H,(H,6,7)(H,8,9)(H2,3,4,5). The van der Waals surface area contributed by atoms with E-state index < -0.39 is 29.9 Å². The predicted octanol–water partition coefficient (Wildman–Crippen LogP) is -0.514. The molecular weight excluding hydrogens is 281 g/mol. The molecule has 0 spiro atoms. The van der Waals surface area contributed by atoms with Crippen molar-refractivity contribution in [3.63, 3.8) is 0 Å². The highest BCUT2D eigenvalue weighted by Gasteiger charge is 2.41. The Hall–Kier alpha value is -0.0800. The van der Waals surface area contributed by atoms with Crippen molar-refractivity contribution in [1.29, 1.82) is 0 Å². The molecule has 0 fully saturated rings. The van der Waals surface area contributed by atoms with Crippen molar-refractivity contribution in [2.75, 3.05) is 0 Å². The Morgan fingerprint density at radius 2 is 1.33 bits per heavy atom. The van der Waals surface area contributed by atoms with Crippen molar-refractivity contribution in [2.24, 2.45) is 0 Å². The normalized spacial score (nSPS) is 20.0. The lowest BCUT2D eigenvalue weighted by Crippen LogP contribution is -1.95. The summed E-state index contributed by atoms with van der Waals surface area (Å²) in [4.78, 5) is 42.7. The first kappa shape index (κ1) is 14.9. The van der Waals surface area contributed by atoms with E-state index in [1.54, 1.807) is 0 Å². The summed E-state index contributed by atoms with van der Waals surface area (Å²) < 4.78 is 41.0. The zero-order chi connectivity index (χ0) is 12.3. The highest BCUT2D eigenvalue weighted by molar-refractivity contribution is 7.66. The Bertz CT molecular complexity index is 362. The molecule has 0 amide bonds. The quantitative estimate of drug-likeness (QED) is 0.365.